The fraction of sp³-hybridized carbons (Fsp3) is 0.344. The highest BCUT2D eigenvalue weighted by Crippen LogP contribution is 2.30. The first-order valence-electron chi connectivity index (χ1n) is 14.0. The fourth-order valence-electron chi connectivity index (χ4n) is 4.78. The van der Waals surface area contributed by atoms with Crippen LogP contribution in [0.5, 0.6) is 5.75 Å². The summed E-state index contributed by atoms with van der Waals surface area (Å²) in [5, 5.41) is 12.0. The third-order valence-electron chi connectivity index (χ3n) is 7.26. The van der Waals surface area contributed by atoms with Crippen LogP contribution in [0.3, 0.4) is 0 Å². The summed E-state index contributed by atoms with van der Waals surface area (Å²) in [4.78, 5) is 28.6. The number of hydrogen-bond donors (Lipinski definition) is 4. The molecule has 0 radical (unpaired) electrons. The van der Waals surface area contributed by atoms with Gasteiger partial charge in [0.1, 0.15) is 17.4 Å². The van der Waals surface area contributed by atoms with E-state index in [4.69, 9.17) is 15.2 Å². The second-order valence-corrected chi connectivity index (χ2v) is 12.5. The SMILES string of the molecule is COc1cc(C)c(S(=O)(=O)NC(N)=NCCC[C@@H](NC(=O)OC(C)(C)c2ccc(-c3ccccc3)cc2)C(=O)O)c(C)c1C. The number of carbonyl (C=O) groups excluding carboxylic acids is 1. The smallest absolute Gasteiger partial charge is 0.408 e. The molecule has 0 aromatic heterocycles. The molecule has 12 heteroatoms. The summed E-state index contributed by atoms with van der Waals surface area (Å²) < 4.78 is 39.2. The fourth-order valence-corrected chi connectivity index (χ4v) is 6.26. The van der Waals surface area contributed by atoms with E-state index >= 15 is 0 Å². The third-order valence-corrected chi connectivity index (χ3v) is 8.91. The van der Waals surface area contributed by atoms with Crippen molar-refractivity contribution in [2.75, 3.05) is 13.7 Å². The van der Waals surface area contributed by atoms with Gasteiger partial charge in [0, 0.05) is 6.54 Å². The summed E-state index contributed by atoms with van der Waals surface area (Å²) in [6.45, 7) is 8.55. The van der Waals surface area contributed by atoms with Gasteiger partial charge in [0.2, 0.25) is 5.96 Å². The normalized spacial score (nSPS) is 12.7. The van der Waals surface area contributed by atoms with E-state index in [1.165, 1.54) is 7.11 Å². The van der Waals surface area contributed by atoms with Crippen molar-refractivity contribution in [3.05, 3.63) is 82.9 Å². The lowest BCUT2D eigenvalue weighted by Gasteiger charge is -2.27. The first kappa shape index (κ1) is 33.9. The van der Waals surface area contributed by atoms with Crippen molar-refractivity contribution < 1.29 is 32.6 Å². The number of carbonyl (C=O) groups is 2. The van der Waals surface area contributed by atoms with E-state index in [9.17, 15) is 23.1 Å². The minimum absolute atomic E-state index is 0.00998. The minimum atomic E-state index is -4.04. The lowest BCUT2D eigenvalue weighted by atomic mass is 9.95. The van der Waals surface area contributed by atoms with Gasteiger partial charge in [-0.3, -0.25) is 4.99 Å². The number of guanidine groups is 1. The molecule has 3 rings (SSSR count). The Morgan fingerprint density at radius 2 is 1.61 bits per heavy atom. The molecule has 0 spiro atoms. The lowest BCUT2D eigenvalue weighted by molar-refractivity contribution is -0.139. The molecule has 5 N–H and O–H groups in total. The van der Waals surface area contributed by atoms with Gasteiger partial charge < -0.3 is 25.6 Å². The van der Waals surface area contributed by atoms with E-state index < -0.39 is 33.7 Å². The molecule has 0 saturated heterocycles. The number of sulfonamides is 1. The summed E-state index contributed by atoms with van der Waals surface area (Å²) in [5.74, 6) is -1.01. The molecule has 0 aliphatic rings. The van der Waals surface area contributed by atoms with E-state index in [0.717, 1.165) is 16.7 Å². The minimum Gasteiger partial charge on any atom is -0.496 e. The van der Waals surface area contributed by atoms with Gasteiger partial charge in [-0.2, -0.15) is 0 Å². The Hall–Kier alpha value is -4.58. The number of alkyl carbamates (subject to hydrolysis) is 1. The molecule has 3 aromatic carbocycles. The number of rotatable bonds is 12. The summed E-state index contributed by atoms with van der Waals surface area (Å²) in [5.41, 5.74) is 9.32. The average Bonchev–Trinajstić information content (AvgIpc) is 2.96. The van der Waals surface area contributed by atoms with Crippen molar-refractivity contribution in [3.8, 4) is 16.9 Å². The third kappa shape index (κ3) is 8.50. The van der Waals surface area contributed by atoms with E-state index in [1.54, 1.807) is 40.7 Å². The van der Waals surface area contributed by atoms with Crippen molar-refractivity contribution in [2.45, 2.75) is 64.0 Å². The molecule has 0 heterocycles. The highest BCUT2D eigenvalue weighted by atomic mass is 32.2. The number of nitrogens with zero attached hydrogens (tertiary/aromatic N) is 1. The number of ether oxygens (including phenoxy) is 2. The molecule has 11 nitrogen and oxygen atoms in total. The maximum absolute atomic E-state index is 13.0. The maximum atomic E-state index is 13.0. The van der Waals surface area contributed by atoms with E-state index in [-0.39, 0.29) is 30.2 Å². The zero-order valence-electron chi connectivity index (χ0n) is 25.8. The maximum Gasteiger partial charge on any atom is 0.408 e. The van der Waals surface area contributed by atoms with Crippen LogP contribution in [0.2, 0.25) is 0 Å². The van der Waals surface area contributed by atoms with Crippen LogP contribution in [-0.2, 0) is 25.2 Å². The van der Waals surface area contributed by atoms with Gasteiger partial charge in [0.25, 0.3) is 10.0 Å². The van der Waals surface area contributed by atoms with Crippen LogP contribution in [0, 0.1) is 20.8 Å². The Kier molecular flexibility index (Phi) is 11.0. The highest BCUT2D eigenvalue weighted by molar-refractivity contribution is 7.90. The van der Waals surface area contributed by atoms with E-state index in [0.29, 0.717) is 22.4 Å². The molecule has 0 aliphatic carbocycles. The summed E-state index contributed by atoms with van der Waals surface area (Å²) in [7, 11) is -2.52. The number of nitrogens with one attached hydrogen (secondary N) is 2. The highest BCUT2D eigenvalue weighted by Gasteiger charge is 2.28. The van der Waals surface area contributed by atoms with E-state index in [2.05, 4.69) is 15.0 Å². The molecule has 0 fully saturated rings. The number of carboxylic acids is 1. The summed E-state index contributed by atoms with van der Waals surface area (Å²) >= 11 is 0. The zero-order chi connectivity index (χ0) is 32.7. The van der Waals surface area contributed by atoms with Crippen LogP contribution in [-0.4, -0.2) is 51.2 Å². The molecule has 236 valence electrons. The van der Waals surface area contributed by atoms with Crippen LogP contribution in [0.15, 0.2) is 70.6 Å². The monoisotopic (exact) mass is 624 g/mol. The van der Waals surface area contributed by atoms with Gasteiger partial charge in [-0.15, -0.1) is 0 Å². The van der Waals surface area contributed by atoms with Gasteiger partial charge in [0.05, 0.1) is 12.0 Å². The Labute approximate surface area is 258 Å². The molecule has 3 aromatic rings. The zero-order valence-corrected chi connectivity index (χ0v) is 26.6. The molecule has 0 unspecified atom stereocenters. The van der Waals surface area contributed by atoms with Crippen LogP contribution >= 0.6 is 0 Å². The first-order chi connectivity index (χ1) is 20.7. The number of carboxylic acid groups (broad SMARTS) is 1. The second kappa shape index (κ2) is 14.3. The lowest BCUT2D eigenvalue weighted by Crippen LogP contribution is -2.43. The Balaban J connectivity index is 1.56. The molecule has 1 atom stereocenters. The van der Waals surface area contributed by atoms with Gasteiger partial charge >= 0.3 is 12.1 Å². The summed E-state index contributed by atoms with van der Waals surface area (Å²) in [6.07, 6.45) is -0.675. The van der Waals surface area contributed by atoms with Crippen LogP contribution in [0.4, 0.5) is 4.79 Å². The molecule has 44 heavy (non-hydrogen) atoms. The number of aliphatic carboxylic acids is 1. The predicted octanol–water partition coefficient (Wildman–Crippen LogP) is 4.78. The van der Waals surface area contributed by atoms with Gasteiger partial charge in [-0.25, -0.2) is 22.7 Å². The summed E-state index contributed by atoms with van der Waals surface area (Å²) in [6, 6.07) is 17.8. The molecular weight excluding hydrogens is 584 g/mol. The van der Waals surface area contributed by atoms with Crippen molar-refractivity contribution in [3.63, 3.8) is 0 Å². The van der Waals surface area contributed by atoms with Gasteiger partial charge in [0.15, 0.2) is 0 Å². The Bertz CT molecular complexity index is 1620. The van der Waals surface area contributed by atoms with E-state index in [1.807, 2.05) is 54.6 Å². The molecule has 0 bridgehead atoms. The average molecular weight is 625 g/mol. The Morgan fingerprint density at radius 3 is 2.20 bits per heavy atom. The number of benzene rings is 3. The molecular formula is C32H40N4O7S. The molecule has 1 amide bonds. The number of methoxy groups -OCH3 is 1. The number of aliphatic imine (C=N–C) groups is 1. The number of aryl methyl sites for hydroxylation is 1. The standard InChI is InChI=1S/C32H40N4O7S/c1-20-19-27(42-6)21(2)22(3)28(20)44(40,41)36-30(33)34-18-10-13-26(29(37)38)35-31(39)43-32(4,5)25-16-14-24(15-17-25)23-11-8-7-9-12-23/h7-9,11-12,14-17,19,26H,10,13,18H2,1-6H3,(H,35,39)(H,37,38)(H3,33,34,36)/t26-/m1/s1. The topological polar surface area (TPSA) is 169 Å². The van der Waals surface area contributed by atoms with Crippen LogP contribution in [0.25, 0.3) is 11.1 Å². The Morgan fingerprint density at radius 1 is 1.00 bits per heavy atom. The number of hydrogen-bond acceptors (Lipinski definition) is 7. The quantitative estimate of drug-likeness (QED) is 0.127. The first-order valence-corrected chi connectivity index (χ1v) is 15.5. The van der Waals surface area contributed by atoms with Crippen molar-refractivity contribution in [2.24, 2.45) is 10.7 Å². The molecule has 0 aliphatic heterocycles. The van der Waals surface area contributed by atoms with Crippen LogP contribution in [0.1, 0.15) is 48.9 Å². The number of nitrogens with two attached hydrogens (primary N) is 1. The van der Waals surface area contributed by atoms with Gasteiger partial charge in [-0.05, 0) is 86.9 Å². The molecule has 0 saturated carbocycles. The van der Waals surface area contributed by atoms with Crippen molar-refractivity contribution in [1.29, 1.82) is 0 Å². The van der Waals surface area contributed by atoms with Gasteiger partial charge in [-0.1, -0.05) is 54.6 Å². The van der Waals surface area contributed by atoms with Crippen molar-refractivity contribution in [1.82, 2.24) is 10.0 Å². The predicted molar refractivity (Wildman–Crippen MR) is 169 cm³/mol. The van der Waals surface area contributed by atoms with Crippen LogP contribution < -0.4 is 20.5 Å². The van der Waals surface area contributed by atoms with Crippen molar-refractivity contribution >= 4 is 28.0 Å². The second-order valence-electron chi connectivity index (χ2n) is 10.9. The number of amides is 1. The largest absolute Gasteiger partial charge is 0.496 e.